The van der Waals surface area contributed by atoms with Crippen molar-refractivity contribution in [1.82, 2.24) is 9.97 Å². The van der Waals surface area contributed by atoms with Crippen LogP contribution in [0.2, 0.25) is 0 Å². The number of H-pyrrole nitrogens is 1. The number of aromatic nitrogens is 2. The van der Waals surface area contributed by atoms with Gasteiger partial charge in [0.2, 0.25) is 12.4 Å². The smallest absolute Gasteiger partial charge is 0.387 e. The SMILES string of the molecule is Nc1nc(NC2OC(COP(=O)(O)O)C(O)C2O)c(NC=O)c(=O)[nH]1. The molecule has 140 valence electrons. The number of hydrogen-bond donors (Lipinski definition) is 8. The van der Waals surface area contributed by atoms with Crippen molar-refractivity contribution in [1.29, 1.82) is 0 Å². The number of aliphatic hydroxyl groups is 2. The molecule has 1 aromatic rings. The Balaban J connectivity index is 2.16. The van der Waals surface area contributed by atoms with E-state index in [1.165, 1.54) is 0 Å². The van der Waals surface area contributed by atoms with Crippen molar-refractivity contribution in [3.8, 4) is 0 Å². The van der Waals surface area contributed by atoms with Crippen molar-refractivity contribution < 1.29 is 38.6 Å². The van der Waals surface area contributed by atoms with Crippen LogP contribution in [-0.2, 0) is 18.6 Å². The molecule has 0 radical (unpaired) electrons. The van der Waals surface area contributed by atoms with Crippen LogP contribution in [0.4, 0.5) is 17.5 Å². The van der Waals surface area contributed by atoms with Crippen molar-refractivity contribution in [2.75, 3.05) is 23.0 Å². The van der Waals surface area contributed by atoms with Crippen LogP contribution < -0.4 is 21.9 Å². The standard InChI is InChI=1S/C10H16N5O9P/c11-10-14-7(4(12-2-16)8(19)15-10)13-9-6(18)5(17)3(24-9)1-23-25(20,21)22/h2-3,5-6,9,17-18H,1H2,(H,12,16)(H2,20,21,22)(H4,11,13,14,15,19). The number of aromatic amines is 1. The van der Waals surface area contributed by atoms with E-state index in [9.17, 15) is 24.4 Å². The maximum Gasteiger partial charge on any atom is 0.469 e. The van der Waals surface area contributed by atoms with Gasteiger partial charge in [-0.05, 0) is 0 Å². The highest BCUT2D eigenvalue weighted by Gasteiger charge is 2.44. The average molecular weight is 381 g/mol. The summed E-state index contributed by atoms with van der Waals surface area (Å²) in [5.41, 5.74) is 4.31. The topological polar surface area (TPSA) is 229 Å². The molecule has 1 saturated heterocycles. The summed E-state index contributed by atoms with van der Waals surface area (Å²) in [4.78, 5) is 45.5. The van der Waals surface area contributed by atoms with Gasteiger partial charge in [0, 0.05) is 0 Å². The van der Waals surface area contributed by atoms with E-state index in [0.29, 0.717) is 0 Å². The lowest BCUT2D eigenvalue weighted by Crippen LogP contribution is -2.37. The molecule has 1 aliphatic heterocycles. The summed E-state index contributed by atoms with van der Waals surface area (Å²) >= 11 is 0. The van der Waals surface area contributed by atoms with Crippen LogP contribution in [-0.4, -0.2) is 67.5 Å². The Morgan fingerprint density at radius 1 is 1.40 bits per heavy atom. The van der Waals surface area contributed by atoms with Crippen molar-refractivity contribution in [3.05, 3.63) is 10.4 Å². The zero-order chi connectivity index (χ0) is 18.8. The number of nitrogens with one attached hydrogen (secondary N) is 3. The predicted molar refractivity (Wildman–Crippen MR) is 81.3 cm³/mol. The molecule has 1 amide bonds. The van der Waals surface area contributed by atoms with Crippen molar-refractivity contribution in [2.24, 2.45) is 0 Å². The summed E-state index contributed by atoms with van der Waals surface area (Å²) in [7, 11) is -4.80. The third kappa shape index (κ3) is 4.73. The number of aliphatic hydroxyl groups excluding tert-OH is 2. The quantitative estimate of drug-likeness (QED) is 0.173. The van der Waals surface area contributed by atoms with Crippen LogP contribution >= 0.6 is 7.82 Å². The molecule has 4 atom stereocenters. The van der Waals surface area contributed by atoms with Gasteiger partial charge in [-0.3, -0.25) is 19.1 Å². The van der Waals surface area contributed by atoms with Crippen LogP contribution in [0, 0.1) is 0 Å². The van der Waals surface area contributed by atoms with Crippen LogP contribution in [0.25, 0.3) is 0 Å². The third-order valence-electron chi connectivity index (χ3n) is 3.19. The largest absolute Gasteiger partial charge is 0.469 e. The molecule has 0 aromatic carbocycles. The molecule has 15 heteroatoms. The van der Waals surface area contributed by atoms with Gasteiger partial charge in [-0.2, -0.15) is 4.98 Å². The van der Waals surface area contributed by atoms with Crippen molar-refractivity contribution in [3.63, 3.8) is 0 Å². The molecule has 9 N–H and O–H groups in total. The first-order valence-corrected chi connectivity index (χ1v) is 8.23. The Morgan fingerprint density at radius 2 is 2.08 bits per heavy atom. The molecule has 1 aromatic heterocycles. The lowest BCUT2D eigenvalue weighted by Gasteiger charge is -2.18. The van der Waals surface area contributed by atoms with Gasteiger partial charge in [-0.1, -0.05) is 0 Å². The van der Waals surface area contributed by atoms with Gasteiger partial charge in [0.25, 0.3) is 5.56 Å². The van der Waals surface area contributed by atoms with Gasteiger partial charge < -0.3 is 41.1 Å². The maximum atomic E-state index is 11.8. The summed E-state index contributed by atoms with van der Waals surface area (Å²) in [5.74, 6) is -0.542. The minimum absolute atomic E-state index is 0.213. The molecule has 0 saturated carbocycles. The highest BCUT2D eigenvalue weighted by atomic mass is 31.2. The summed E-state index contributed by atoms with van der Waals surface area (Å²) in [6.45, 7) is -0.703. The number of nitrogen functional groups attached to an aromatic ring is 1. The third-order valence-corrected chi connectivity index (χ3v) is 3.67. The fourth-order valence-corrected chi connectivity index (χ4v) is 2.44. The normalized spacial score (nSPS) is 26.4. The van der Waals surface area contributed by atoms with E-state index in [0.717, 1.165) is 0 Å². The van der Waals surface area contributed by atoms with Crippen molar-refractivity contribution >= 4 is 31.7 Å². The number of rotatable bonds is 7. The Labute approximate surface area is 139 Å². The summed E-state index contributed by atoms with van der Waals surface area (Å²) in [6.07, 6.45) is -5.50. The fourth-order valence-electron chi connectivity index (χ4n) is 2.10. The number of hydrogen-bond acceptors (Lipinski definition) is 10. The number of nitrogens with zero attached hydrogens (tertiary/aromatic N) is 1. The molecule has 2 heterocycles. The van der Waals surface area contributed by atoms with Gasteiger partial charge in [-0.25, -0.2) is 4.57 Å². The zero-order valence-electron chi connectivity index (χ0n) is 12.4. The molecule has 25 heavy (non-hydrogen) atoms. The molecule has 0 bridgehead atoms. The number of ether oxygens (including phenoxy) is 1. The van der Waals surface area contributed by atoms with Crippen LogP contribution in [0.15, 0.2) is 4.79 Å². The Morgan fingerprint density at radius 3 is 2.68 bits per heavy atom. The number of phosphoric ester groups is 1. The van der Waals surface area contributed by atoms with Crippen LogP contribution in [0.5, 0.6) is 0 Å². The summed E-state index contributed by atoms with van der Waals surface area (Å²) < 4.78 is 20.1. The second kappa shape index (κ2) is 7.45. The van der Waals surface area contributed by atoms with Gasteiger partial charge in [-0.15, -0.1) is 0 Å². The average Bonchev–Trinajstić information content (AvgIpc) is 2.76. The van der Waals surface area contributed by atoms with Crippen LogP contribution in [0.1, 0.15) is 0 Å². The van der Waals surface area contributed by atoms with E-state index in [1.54, 1.807) is 0 Å². The van der Waals surface area contributed by atoms with Crippen molar-refractivity contribution in [2.45, 2.75) is 24.5 Å². The zero-order valence-corrected chi connectivity index (χ0v) is 13.3. The van der Waals surface area contributed by atoms with E-state index in [4.69, 9.17) is 20.3 Å². The second-order valence-corrected chi connectivity index (χ2v) is 6.18. The molecule has 2 rings (SSSR count). The summed E-state index contributed by atoms with van der Waals surface area (Å²) in [6, 6.07) is 0. The Bertz CT molecular complexity index is 736. The molecule has 1 fully saturated rings. The first kappa shape index (κ1) is 19.3. The van der Waals surface area contributed by atoms with Gasteiger partial charge >= 0.3 is 7.82 Å². The first-order valence-electron chi connectivity index (χ1n) is 6.70. The Hall–Kier alpha value is -2.06. The molecule has 0 spiro atoms. The van der Waals surface area contributed by atoms with E-state index < -0.39 is 44.5 Å². The first-order chi connectivity index (χ1) is 11.6. The molecular formula is C10H16N5O9P. The minimum atomic E-state index is -4.80. The Kier molecular flexibility index (Phi) is 5.74. The van der Waals surface area contributed by atoms with E-state index in [-0.39, 0.29) is 23.9 Å². The molecule has 14 nitrogen and oxygen atoms in total. The molecule has 0 aliphatic carbocycles. The lowest BCUT2D eigenvalue weighted by atomic mass is 10.1. The van der Waals surface area contributed by atoms with Gasteiger partial charge in [0.05, 0.1) is 6.61 Å². The monoisotopic (exact) mass is 381 g/mol. The minimum Gasteiger partial charge on any atom is -0.387 e. The number of carbonyl (C=O) groups excluding carboxylic acids is 1. The highest BCUT2D eigenvalue weighted by molar-refractivity contribution is 7.46. The van der Waals surface area contributed by atoms with Gasteiger partial charge in [0.15, 0.2) is 12.0 Å². The predicted octanol–water partition coefficient (Wildman–Crippen LogP) is -3.11. The number of phosphoric acid groups is 1. The number of nitrogens with two attached hydrogens (primary N) is 1. The maximum absolute atomic E-state index is 11.8. The van der Waals surface area contributed by atoms with E-state index in [2.05, 4.69) is 25.1 Å². The lowest BCUT2D eigenvalue weighted by molar-refractivity contribution is -0.105. The number of anilines is 3. The number of carbonyl (C=O) groups is 1. The molecule has 4 unspecified atom stereocenters. The van der Waals surface area contributed by atoms with E-state index >= 15 is 0 Å². The van der Waals surface area contributed by atoms with Crippen LogP contribution in [0.3, 0.4) is 0 Å². The number of amides is 1. The molecule has 1 aliphatic rings. The molecular weight excluding hydrogens is 365 g/mol. The highest BCUT2D eigenvalue weighted by Crippen LogP contribution is 2.37. The summed E-state index contributed by atoms with van der Waals surface area (Å²) in [5, 5.41) is 24.4. The van der Waals surface area contributed by atoms with E-state index in [1.807, 2.05) is 0 Å². The fraction of sp³-hybridized carbons (Fsp3) is 0.500. The second-order valence-electron chi connectivity index (χ2n) is 4.94. The van der Waals surface area contributed by atoms with Gasteiger partial charge in [0.1, 0.15) is 24.0 Å².